The minimum absolute atomic E-state index is 0.000108. The van der Waals surface area contributed by atoms with E-state index in [-0.39, 0.29) is 18.1 Å². The Morgan fingerprint density at radius 2 is 2.24 bits per heavy atom. The lowest BCUT2D eigenvalue weighted by molar-refractivity contribution is -0.123. The molecule has 25 heavy (non-hydrogen) atoms. The van der Waals surface area contributed by atoms with Crippen LogP contribution in [0.4, 0.5) is 0 Å². The summed E-state index contributed by atoms with van der Waals surface area (Å²) < 4.78 is 5.96. The van der Waals surface area contributed by atoms with Crippen molar-refractivity contribution < 1.29 is 9.53 Å². The number of nitrogens with zero attached hydrogens (tertiary/aromatic N) is 2. The molecule has 1 aromatic carbocycles. The van der Waals surface area contributed by atoms with Gasteiger partial charge in [0.25, 0.3) is 0 Å². The molecular formula is C19H26N4O2. The van der Waals surface area contributed by atoms with Gasteiger partial charge in [-0.3, -0.25) is 14.8 Å². The molecule has 6 heteroatoms. The molecule has 2 unspecified atom stereocenters. The highest BCUT2D eigenvalue weighted by Crippen LogP contribution is 2.14. The van der Waals surface area contributed by atoms with Crippen molar-refractivity contribution in [1.29, 1.82) is 0 Å². The first-order chi connectivity index (χ1) is 12.2. The maximum absolute atomic E-state index is 12.3. The number of amides is 1. The number of hydrogen-bond donors (Lipinski definition) is 2. The van der Waals surface area contributed by atoms with Crippen LogP contribution in [0.2, 0.25) is 0 Å². The van der Waals surface area contributed by atoms with Crippen molar-refractivity contribution >= 4 is 5.91 Å². The van der Waals surface area contributed by atoms with E-state index in [4.69, 9.17) is 4.74 Å². The second-order valence-corrected chi connectivity index (χ2v) is 6.47. The van der Waals surface area contributed by atoms with Crippen LogP contribution in [0.1, 0.15) is 24.6 Å². The molecule has 1 aliphatic heterocycles. The molecule has 0 aliphatic carbocycles. The van der Waals surface area contributed by atoms with Crippen LogP contribution in [-0.4, -0.2) is 52.8 Å². The summed E-state index contributed by atoms with van der Waals surface area (Å²) in [6, 6.07) is 12.3. The average molecular weight is 342 g/mol. The van der Waals surface area contributed by atoms with Gasteiger partial charge in [0.15, 0.2) is 0 Å². The van der Waals surface area contributed by atoms with Crippen molar-refractivity contribution in [3.8, 4) is 0 Å². The van der Waals surface area contributed by atoms with Crippen LogP contribution in [0.3, 0.4) is 0 Å². The lowest BCUT2D eigenvalue weighted by atomic mass is 10.1. The Balaban J connectivity index is 1.53. The molecule has 2 N–H and O–H groups in total. The van der Waals surface area contributed by atoms with Crippen LogP contribution in [0.5, 0.6) is 0 Å². The van der Waals surface area contributed by atoms with E-state index < -0.39 is 0 Å². The van der Waals surface area contributed by atoms with Crippen molar-refractivity contribution in [1.82, 2.24) is 20.4 Å². The van der Waals surface area contributed by atoms with Crippen molar-refractivity contribution in [2.24, 2.45) is 0 Å². The molecule has 0 spiro atoms. The SMILES string of the molecule is CCC(NC(=O)Cc1ccn[nH]1)C1CN(Cc2ccccc2)CCO1. The molecule has 2 atom stereocenters. The van der Waals surface area contributed by atoms with E-state index in [1.165, 1.54) is 5.56 Å². The minimum Gasteiger partial charge on any atom is -0.373 e. The lowest BCUT2D eigenvalue weighted by Crippen LogP contribution is -2.53. The molecular weight excluding hydrogens is 316 g/mol. The maximum atomic E-state index is 12.3. The van der Waals surface area contributed by atoms with E-state index in [9.17, 15) is 4.79 Å². The highest BCUT2D eigenvalue weighted by molar-refractivity contribution is 5.78. The number of rotatable bonds is 7. The number of nitrogens with one attached hydrogen (secondary N) is 2. The quantitative estimate of drug-likeness (QED) is 0.804. The third-order valence-electron chi connectivity index (χ3n) is 4.57. The van der Waals surface area contributed by atoms with Gasteiger partial charge in [-0.2, -0.15) is 5.10 Å². The normalized spacial score (nSPS) is 19.5. The number of aromatic nitrogens is 2. The molecule has 1 aromatic heterocycles. The number of H-pyrrole nitrogens is 1. The summed E-state index contributed by atoms with van der Waals surface area (Å²) in [5.74, 6) is -0.000108. The molecule has 1 amide bonds. The number of ether oxygens (including phenoxy) is 1. The first kappa shape index (κ1) is 17.6. The van der Waals surface area contributed by atoms with E-state index in [0.29, 0.717) is 13.0 Å². The van der Waals surface area contributed by atoms with Gasteiger partial charge in [-0.05, 0) is 18.1 Å². The van der Waals surface area contributed by atoms with E-state index in [1.54, 1.807) is 6.20 Å². The smallest absolute Gasteiger partial charge is 0.226 e. The summed E-state index contributed by atoms with van der Waals surface area (Å²) in [4.78, 5) is 14.7. The molecule has 3 rings (SSSR count). The molecule has 0 saturated carbocycles. The Hall–Kier alpha value is -2.18. The number of carbonyl (C=O) groups excluding carboxylic acids is 1. The van der Waals surface area contributed by atoms with Crippen LogP contribution in [0.25, 0.3) is 0 Å². The Labute approximate surface area is 148 Å². The summed E-state index contributed by atoms with van der Waals surface area (Å²) in [7, 11) is 0. The second kappa shape index (κ2) is 8.78. The van der Waals surface area contributed by atoms with Crippen molar-refractivity contribution in [2.75, 3.05) is 19.7 Å². The molecule has 0 bridgehead atoms. The molecule has 1 saturated heterocycles. The highest BCUT2D eigenvalue weighted by atomic mass is 16.5. The average Bonchev–Trinajstić information content (AvgIpc) is 3.13. The van der Waals surface area contributed by atoms with Crippen LogP contribution >= 0.6 is 0 Å². The van der Waals surface area contributed by atoms with Crippen molar-refractivity contribution in [3.63, 3.8) is 0 Å². The maximum Gasteiger partial charge on any atom is 0.226 e. The van der Waals surface area contributed by atoms with Gasteiger partial charge < -0.3 is 10.1 Å². The van der Waals surface area contributed by atoms with Crippen molar-refractivity contribution in [2.45, 2.75) is 38.5 Å². The molecule has 1 fully saturated rings. The first-order valence-electron chi connectivity index (χ1n) is 8.90. The third-order valence-corrected chi connectivity index (χ3v) is 4.57. The third kappa shape index (κ3) is 5.14. The highest BCUT2D eigenvalue weighted by Gasteiger charge is 2.28. The number of morpholine rings is 1. The van der Waals surface area contributed by atoms with Gasteiger partial charge in [0.05, 0.1) is 25.2 Å². The number of hydrogen-bond acceptors (Lipinski definition) is 4. The topological polar surface area (TPSA) is 70.2 Å². The molecule has 2 heterocycles. The zero-order valence-electron chi connectivity index (χ0n) is 14.6. The molecule has 2 aromatic rings. The summed E-state index contributed by atoms with van der Waals surface area (Å²) in [6.07, 6.45) is 2.84. The summed E-state index contributed by atoms with van der Waals surface area (Å²) in [5.41, 5.74) is 2.13. The van der Waals surface area contributed by atoms with Gasteiger partial charge in [-0.15, -0.1) is 0 Å². The predicted octanol–water partition coefficient (Wildman–Crippen LogP) is 1.75. The number of carbonyl (C=O) groups is 1. The Morgan fingerprint density at radius 1 is 1.40 bits per heavy atom. The molecule has 1 aliphatic rings. The van der Waals surface area contributed by atoms with E-state index in [0.717, 1.165) is 31.7 Å². The molecule has 134 valence electrons. The Kier molecular flexibility index (Phi) is 6.19. The van der Waals surface area contributed by atoms with Gasteiger partial charge >= 0.3 is 0 Å². The van der Waals surface area contributed by atoms with Gasteiger partial charge in [0, 0.05) is 31.5 Å². The van der Waals surface area contributed by atoms with E-state index in [2.05, 4.69) is 51.6 Å². The first-order valence-corrected chi connectivity index (χ1v) is 8.90. The summed E-state index contributed by atoms with van der Waals surface area (Å²) in [6.45, 7) is 5.45. The van der Waals surface area contributed by atoms with Crippen LogP contribution in [-0.2, 0) is 22.5 Å². The largest absolute Gasteiger partial charge is 0.373 e. The monoisotopic (exact) mass is 342 g/mol. The fourth-order valence-electron chi connectivity index (χ4n) is 3.23. The zero-order chi connectivity index (χ0) is 17.5. The standard InChI is InChI=1S/C19H26N4O2/c1-2-17(21-19(24)12-16-8-9-20-22-16)18-14-23(10-11-25-18)13-15-6-4-3-5-7-15/h3-9,17-18H,2,10-14H2,1H3,(H,20,22)(H,21,24). The number of benzene rings is 1. The van der Waals surface area contributed by atoms with Crippen molar-refractivity contribution in [3.05, 3.63) is 53.9 Å². The van der Waals surface area contributed by atoms with Crippen LogP contribution in [0.15, 0.2) is 42.6 Å². The van der Waals surface area contributed by atoms with Crippen LogP contribution in [0, 0.1) is 0 Å². The van der Waals surface area contributed by atoms with Gasteiger partial charge in [-0.1, -0.05) is 37.3 Å². The number of aromatic amines is 1. The predicted molar refractivity (Wildman–Crippen MR) is 96.0 cm³/mol. The summed E-state index contributed by atoms with van der Waals surface area (Å²) >= 11 is 0. The van der Waals surface area contributed by atoms with E-state index in [1.807, 2.05) is 12.1 Å². The zero-order valence-corrected chi connectivity index (χ0v) is 14.6. The second-order valence-electron chi connectivity index (χ2n) is 6.47. The Morgan fingerprint density at radius 3 is 2.96 bits per heavy atom. The van der Waals surface area contributed by atoms with Gasteiger partial charge in [-0.25, -0.2) is 0 Å². The van der Waals surface area contributed by atoms with Gasteiger partial charge in [0.1, 0.15) is 0 Å². The summed E-state index contributed by atoms with van der Waals surface area (Å²) in [5, 5.41) is 9.82. The fraction of sp³-hybridized carbons (Fsp3) is 0.474. The van der Waals surface area contributed by atoms with Gasteiger partial charge in [0.2, 0.25) is 5.91 Å². The molecule has 0 radical (unpaired) electrons. The lowest BCUT2D eigenvalue weighted by Gasteiger charge is -2.37. The van der Waals surface area contributed by atoms with E-state index >= 15 is 0 Å². The van der Waals surface area contributed by atoms with Crippen LogP contribution < -0.4 is 5.32 Å². The molecule has 6 nitrogen and oxygen atoms in total. The minimum atomic E-state index is -0.000108. The fourth-order valence-corrected chi connectivity index (χ4v) is 3.23. The Bertz CT molecular complexity index is 645.